The first-order valence-electron chi connectivity index (χ1n) is 5.85. The van der Waals surface area contributed by atoms with Crippen molar-refractivity contribution < 1.29 is 9.21 Å². The summed E-state index contributed by atoms with van der Waals surface area (Å²) in [4.78, 5) is 12.1. The van der Waals surface area contributed by atoms with E-state index < -0.39 is 0 Å². The van der Waals surface area contributed by atoms with Crippen LogP contribution in [-0.2, 0) is 0 Å². The third kappa shape index (κ3) is 3.80. The highest BCUT2D eigenvalue weighted by Gasteiger charge is 2.06. The van der Waals surface area contributed by atoms with E-state index in [9.17, 15) is 4.79 Å². The molecule has 1 aromatic heterocycles. The second kappa shape index (κ2) is 6.34. The first-order valence-corrected chi connectivity index (χ1v) is 6.65. The fourth-order valence-corrected chi connectivity index (χ4v) is 1.84. The summed E-state index contributed by atoms with van der Waals surface area (Å²) < 4.78 is 6.13. The van der Waals surface area contributed by atoms with Gasteiger partial charge in [-0.1, -0.05) is 28.1 Å². The van der Waals surface area contributed by atoms with Crippen molar-refractivity contribution in [2.24, 2.45) is 0 Å². The van der Waals surface area contributed by atoms with Gasteiger partial charge in [-0.25, -0.2) is 0 Å². The van der Waals surface area contributed by atoms with Gasteiger partial charge in [-0.15, -0.1) is 0 Å². The number of carbonyl (C=O) groups excluding carboxylic acids is 1. The van der Waals surface area contributed by atoms with Gasteiger partial charge in [-0.2, -0.15) is 0 Å². The summed E-state index contributed by atoms with van der Waals surface area (Å²) in [5.74, 6) is 0.789. The van der Waals surface area contributed by atoms with Crippen LogP contribution in [-0.4, -0.2) is 5.78 Å². The predicted molar refractivity (Wildman–Crippen MR) is 80.0 cm³/mol. The van der Waals surface area contributed by atoms with E-state index in [0.717, 1.165) is 10.2 Å². The third-order valence-electron chi connectivity index (χ3n) is 2.61. The van der Waals surface area contributed by atoms with E-state index >= 15 is 0 Å². The van der Waals surface area contributed by atoms with E-state index in [1.165, 1.54) is 0 Å². The quantitative estimate of drug-likeness (QED) is 0.457. The molecule has 1 heterocycles. The van der Waals surface area contributed by atoms with Gasteiger partial charge in [0.1, 0.15) is 5.76 Å². The van der Waals surface area contributed by atoms with Gasteiger partial charge in [0, 0.05) is 10.0 Å². The number of ketones is 1. The van der Waals surface area contributed by atoms with Crippen molar-refractivity contribution in [1.82, 2.24) is 0 Å². The van der Waals surface area contributed by atoms with Gasteiger partial charge in [0.25, 0.3) is 0 Å². The minimum atomic E-state index is 0.0246. The van der Waals surface area contributed by atoms with Crippen molar-refractivity contribution in [3.05, 3.63) is 76.2 Å². The molecule has 0 aliphatic heterocycles. The minimum absolute atomic E-state index is 0.0246. The number of rotatable bonds is 4. The van der Waals surface area contributed by atoms with Gasteiger partial charge in [-0.3, -0.25) is 4.79 Å². The summed E-state index contributed by atoms with van der Waals surface area (Å²) >= 11 is 3.35. The maximum Gasteiger partial charge on any atom is 0.188 e. The van der Waals surface area contributed by atoms with Crippen LogP contribution in [0.15, 0.2) is 69.3 Å². The molecule has 0 N–H and O–H groups in total. The molecule has 0 unspecified atom stereocenters. The van der Waals surface area contributed by atoms with Crippen LogP contribution in [0.1, 0.15) is 23.0 Å². The zero-order valence-corrected chi connectivity index (χ0v) is 12.1. The molecule has 0 atom stereocenters. The lowest BCUT2D eigenvalue weighted by Crippen LogP contribution is -1.99. The van der Waals surface area contributed by atoms with Gasteiger partial charge in [0.15, 0.2) is 5.78 Å². The Kier molecular flexibility index (Phi) is 4.53. The first kappa shape index (κ1) is 13.6. The van der Waals surface area contributed by atoms with Crippen LogP contribution in [0.3, 0.4) is 0 Å². The van der Waals surface area contributed by atoms with Crippen LogP contribution >= 0.6 is 15.9 Å². The number of hydrogen-bond acceptors (Lipinski definition) is 2. The highest BCUT2D eigenvalue weighted by molar-refractivity contribution is 9.10. The number of halogens is 1. The zero-order chi connectivity index (χ0) is 13.7. The number of carbonyl (C=O) groups is 1. The molecule has 0 saturated heterocycles. The van der Waals surface area contributed by atoms with Gasteiger partial charge in [0.2, 0.25) is 0 Å². The summed E-state index contributed by atoms with van der Waals surface area (Å²) in [6.45, 7) is 1.80. The smallest absolute Gasteiger partial charge is 0.188 e. The van der Waals surface area contributed by atoms with E-state index in [1.807, 2.05) is 36.4 Å². The Bertz CT molecular complexity index is 605. The second-order valence-corrected chi connectivity index (χ2v) is 4.98. The molecule has 0 spiro atoms. The SMILES string of the molecule is C/C(=C/C=C/c1ccco1)C(=O)c1ccc(Br)cc1. The molecule has 0 saturated carbocycles. The van der Waals surface area contributed by atoms with Gasteiger partial charge >= 0.3 is 0 Å². The molecule has 3 heteroatoms. The van der Waals surface area contributed by atoms with Crippen LogP contribution in [0, 0.1) is 0 Å². The Morgan fingerprint density at radius 2 is 1.95 bits per heavy atom. The largest absolute Gasteiger partial charge is 0.465 e. The van der Waals surface area contributed by atoms with E-state index in [4.69, 9.17) is 4.42 Å². The molecule has 1 aromatic carbocycles. The maximum atomic E-state index is 12.1. The number of benzene rings is 1. The molecule has 0 aliphatic rings. The number of Topliss-reactive ketones (excluding diaryl/α,β-unsaturated/α-hetero) is 1. The Morgan fingerprint density at radius 1 is 1.21 bits per heavy atom. The van der Waals surface area contributed by atoms with E-state index in [2.05, 4.69) is 15.9 Å². The Morgan fingerprint density at radius 3 is 2.58 bits per heavy atom. The highest BCUT2D eigenvalue weighted by Crippen LogP contribution is 2.14. The van der Waals surface area contributed by atoms with Crippen molar-refractivity contribution in [2.75, 3.05) is 0 Å². The minimum Gasteiger partial charge on any atom is -0.465 e. The van der Waals surface area contributed by atoms with E-state index in [-0.39, 0.29) is 5.78 Å². The monoisotopic (exact) mass is 316 g/mol. The summed E-state index contributed by atoms with van der Waals surface area (Å²) in [5.41, 5.74) is 1.37. The average molecular weight is 317 g/mol. The molecule has 0 fully saturated rings. The van der Waals surface area contributed by atoms with Crippen LogP contribution in [0.5, 0.6) is 0 Å². The number of hydrogen-bond donors (Lipinski definition) is 0. The highest BCUT2D eigenvalue weighted by atomic mass is 79.9. The molecule has 2 aromatic rings. The fourth-order valence-electron chi connectivity index (χ4n) is 1.58. The molecule has 19 heavy (non-hydrogen) atoms. The third-order valence-corrected chi connectivity index (χ3v) is 3.14. The summed E-state index contributed by atoms with van der Waals surface area (Å²) in [6, 6.07) is 11.0. The van der Waals surface area contributed by atoms with Crippen molar-refractivity contribution in [2.45, 2.75) is 6.92 Å². The molecule has 0 radical (unpaired) electrons. The average Bonchev–Trinajstić information content (AvgIpc) is 2.92. The van der Waals surface area contributed by atoms with Crippen LogP contribution < -0.4 is 0 Å². The standard InChI is InChI=1S/C16H13BrO2/c1-12(4-2-5-15-6-3-11-19-15)16(18)13-7-9-14(17)10-8-13/h2-11H,1H3/b5-2+,12-4-. The molecular weight excluding hydrogens is 304 g/mol. The van der Waals surface area contributed by atoms with Crippen molar-refractivity contribution in [3.63, 3.8) is 0 Å². The zero-order valence-electron chi connectivity index (χ0n) is 10.5. The molecule has 2 rings (SSSR count). The Hall–Kier alpha value is -1.87. The Labute approximate surface area is 120 Å². The molecular formula is C16H13BrO2. The predicted octanol–water partition coefficient (Wildman–Crippen LogP) is 4.88. The molecule has 96 valence electrons. The van der Waals surface area contributed by atoms with Crippen LogP contribution in [0.2, 0.25) is 0 Å². The topological polar surface area (TPSA) is 30.2 Å². The van der Waals surface area contributed by atoms with Gasteiger partial charge < -0.3 is 4.42 Å². The van der Waals surface area contributed by atoms with E-state index in [1.54, 1.807) is 31.4 Å². The summed E-state index contributed by atoms with van der Waals surface area (Å²) in [6.07, 6.45) is 7.03. The lowest BCUT2D eigenvalue weighted by Gasteiger charge is -2.00. The summed E-state index contributed by atoms with van der Waals surface area (Å²) in [5, 5.41) is 0. The molecule has 0 bridgehead atoms. The molecule has 0 aliphatic carbocycles. The van der Waals surface area contributed by atoms with Crippen molar-refractivity contribution in [1.29, 1.82) is 0 Å². The normalized spacial score (nSPS) is 12.0. The second-order valence-electron chi connectivity index (χ2n) is 4.06. The lowest BCUT2D eigenvalue weighted by molar-refractivity contribution is 0.103. The fraction of sp³-hybridized carbons (Fsp3) is 0.0625. The lowest BCUT2D eigenvalue weighted by atomic mass is 10.0. The van der Waals surface area contributed by atoms with Crippen molar-refractivity contribution in [3.8, 4) is 0 Å². The molecule has 2 nitrogen and oxygen atoms in total. The first-order chi connectivity index (χ1) is 9.16. The van der Waals surface area contributed by atoms with Gasteiger partial charge in [-0.05, 0) is 55.0 Å². The molecule has 0 amide bonds. The maximum absolute atomic E-state index is 12.1. The summed E-state index contributed by atoms with van der Waals surface area (Å²) in [7, 11) is 0. The number of furan rings is 1. The number of allylic oxidation sites excluding steroid dienone is 3. The van der Waals surface area contributed by atoms with E-state index in [0.29, 0.717) is 11.1 Å². The van der Waals surface area contributed by atoms with Crippen LogP contribution in [0.4, 0.5) is 0 Å². The van der Waals surface area contributed by atoms with Crippen molar-refractivity contribution >= 4 is 27.8 Å². The van der Waals surface area contributed by atoms with Gasteiger partial charge in [0.05, 0.1) is 6.26 Å². The van der Waals surface area contributed by atoms with Crippen LogP contribution in [0.25, 0.3) is 6.08 Å². The Balaban J connectivity index is 2.08.